The Morgan fingerprint density at radius 2 is 1.62 bits per heavy atom. The van der Waals surface area contributed by atoms with E-state index in [4.69, 9.17) is 9.47 Å². The lowest BCUT2D eigenvalue weighted by Gasteiger charge is -2.54. The minimum atomic E-state index is -2.50. The molecule has 3 fully saturated rings. The molecule has 0 atom stereocenters. The van der Waals surface area contributed by atoms with Crippen molar-refractivity contribution < 1.29 is 18.3 Å². The van der Waals surface area contributed by atoms with Gasteiger partial charge in [-0.25, -0.2) is 8.78 Å². The van der Waals surface area contributed by atoms with Crippen LogP contribution < -0.4 is 5.32 Å². The van der Waals surface area contributed by atoms with Crippen LogP contribution in [0.15, 0.2) is 0 Å². The fourth-order valence-corrected chi connectivity index (χ4v) is 2.88. The molecule has 16 heavy (non-hydrogen) atoms. The van der Waals surface area contributed by atoms with Crippen molar-refractivity contribution in [3.05, 3.63) is 0 Å². The first-order valence-corrected chi connectivity index (χ1v) is 5.92. The Labute approximate surface area is 93.5 Å². The largest absolute Gasteiger partial charge is 0.377 e. The van der Waals surface area contributed by atoms with Gasteiger partial charge in [0.2, 0.25) is 5.92 Å². The highest BCUT2D eigenvalue weighted by molar-refractivity contribution is 5.03. The number of hydrogen-bond donors (Lipinski definition) is 1. The third-order valence-electron chi connectivity index (χ3n) is 4.00. The molecule has 5 heteroatoms. The van der Waals surface area contributed by atoms with E-state index >= 15 is 0 Å². The Hall–Kier alpha value is -0.260. The van der Waals surface area contributed by atoms with Crippen LogP contribution >= 0.6 is 0 Å². The van der Waals surface area contributed by atoms with Gasteiger partial charge in [0.05, 0.1) is 25.4 Å². The SMILES string of the molecule is FC1(F)CCC2(CC1)NC1(CCO2)COC1. The highest BCUT2D eigenvalue weighted by atomic mass is 19.3. The summed E-state index contributed by atoms with van der Waals surface area (Å²) in [5.74, 6) is -2.50. The summed E-state index contributed by atoms with van der Waals surface area (Å²) < 4.78 is 37.2. The molecule has 3 aliphatic rings. The van der Waals surface area contributed by atoms with Gasteiger partial charge in [0, 0.05) is 12.8 Å². The second-order valence-corrected chi connectivity index (χ2v) is 5.35. The van der Waals surface area contributed by atoms with Gasteiger partial charge in [-0.3, -0.25) is 5.32 Å². The van der Waals surface area contributed by atoms with E-state index in [1.165, 1.54) is 0 Å². The summed E-state index contributed by atoms with van der Waals surface area (Å²) in [6, 6.07) is 0. The van der Waals surface area contributed by atoms with E-state index in [0.717, 1.165) is 6.42 Å². The molecule has 0 aromatic heterocycles. The molecule has 0 amide bonds. The Balaban J connectivity index is 1.69. The molecule has 0 aromatic rings. The van der Waals surface area contributed by atoms with Crippen molar-refractivity contribution in [2.75, 3.05) is 19.8 Å². The van der Waals surface area contributed by atoms with Gasteiger partial charge in [0.15, 0.2) is 0 Å². The summed E-state index contributed by atoms with van der Waals surface area (Å²) >= 11 is 0. The molecule has 2 aliphatic heterocycles. The molecular formula is C11H17F2NO2. The predicted molar refractivity (Wildman–Crippen MR) is 53.4 cm³/mol. The van der Waals surface area contributed by atoms with Crippen molar-refractivity contribution in [3.8, 4) is 0 Å². The molecule has 0 unspecified atom stereocenters. The lowest BCUT2D eigenvalue weighted by Crippen LogP contribution is -2.72. The van der Waals surface area contributed by atoms with E-state index in [-0.39, 0.29) is 18.4 Å². The molecule has 2 spiro atoms. The molecular weight excluding hydrogens is 216 g/mol. The van der Waals surface area contributed by atoms with Crippen LogP contribution in [0, 0.1) is 0 Å². The number of ether oxygens (including phenoxy) is 2. The zero-order chi connectivity index (χ0) is 11.3. The molecule has 0 bridgehead atoms. The zero-order valence-corrected chi connectivity index (χ0v) is 9.23. The predicted octanol–water partition coefficient (Wildman–Crippen LogP) is 1.67. The van der Waals surface area contributed by atoms with Crippen LogP contribution in [0.1, 0.15) is 32.1 Å². The second-order valence-electron chi connectivity index (χ2n) is 5.35. The minimum absolute atomic E-state index is 0.00484. The van der Waals surface area contributed by atoms with Crippen LogP contribution in [0.5, 0.6) is 0 Å². The minimum Gasteiger partial charge on any atom is -0.377 e. The first-order chi connectivity index (χ1) is 7.54. The average Bonchev–Trinajstić information content (AvgIpc) is 2.22. The van der Waals surface area contributed by atoms with E-state index in [0.29, 0.717) is 32.7 Å². The standard InChI is InChI=1S/C11H17F2NO2/c12-10(13)1-3-11(4-2-10)14-9(5-6-16-11)7-15-8-9/h14H,1-8H2. The van der Waals surface area contributed by atoms with Crippen LogP contribution in [-0.2, 0) is 9.47 Å². The first kappa shape index (κ1) is 10.9. The smallest absolute Gasteiger partial charge is 0.248 e. The van der Waals surface area contributed by atoms with Crippen LogP contribution in [-0.4, -0.2) is 37.0 Å². The fourth-order valence-electron chi connectivity index (χ4n) is 2.88. The molecule has 1 aliphatic carbocycles. The Morgan fingerprint density at radius 3 is 2.19 bits per heavy atom. The summed E-state index contributed by atoms with van der Waals surface area (Å²) in [6.07, 6.45) is 1.59. The third kappa shape index (κ3) is 1.75. The number of nitrogens with one attached hydrogen (secondary N) is 1. The lowest BCUT2D eigenvalue weighted by molar-refractivity contribution is -0.223. The number of hydrogen-bond acceptors (Lipinski definition) is 3. The maximum atomic E-state index is 13.1. The lowest BCUT2D eigenvalue weighted by atomic mass is 9.82. The van der Waals surface area contributed by atoms with Crippen molar-refractivity contribution >= 4 is 0 Å². The molecule has 3 rings (SSSR count). The van der Waals surface area contributed by atoms with Gasteiger partial charge in [-0.15, -0.1) is 0 Å². The van der Waals surface area contributed by atoms with E-state index in [1.807, 2.05) is 0 Å². The zero-order valence-electron chi connectivity index (χ0n) is 9.23. The maximum absolute atomic E-state index is 13.1. The van der Waals surface area contributed by atoms with E-state index in [2.05, 4.69) is 5.32 Å². The maximum Gasteiger partial charge on any atom is 0.248 e. The Bertz CT molecular complexity index is 282. The highest BCUT2D eigenvalue weighted by Crippen LogP contribution is 2.43. The quantitative estimate of drug-likeness (QED) is 0.690. The van der Waals surface area contributed by atoms with Gasteiger partial charge >= 0.3 is 0 Å². The van der Waals surface area contributed by atoms with Crippen molar-refractivity contribution in [1.29, 1.82) is 0 Å². The average molecular weight is 233 g/mol. The molecule has 1 saturated carbocycles. The van der Waals surface area contributed by atoms with Crippen molar-refractivity contribution in [2.24, 2.45) is 0 Å². The normalized spacial score (nSPS) is 34.9. The molecule has 3 nitrogen and oxygen atoms in total. The monoisotopic (exact) mass is 233 g/mol. The van der Waals surface area contributed by atoms with Crippen molar-refractivity contribution in [2.45, 2.75) is 49.3 Å². The molecule has 2 heterocycles. The van der Waals surface area contributed by atoms with Gasteiger partial charge in [-0.1, -0.05) is 0 Å². The molecule has 2 saturated heterocycles. The van der Waals surface area contributed by atoms with Crippen molar-refractivity contribution in [1.82, 2.24) is 5.32 Å². The Morgan fingerprint density at radius 1 is 0.938 bits per heavy atom. The first-order valence-electron chi connectivity index (χ1n) is 5.92. The highest BCUT2D eigenvalue weighted by Gasteiger charge is 2.52. The van der Waals surface area contributed by atoms with Crippen LogP contribution in [0.25, 0.3) is 0 Å². The van der Waals surface area contributed by atoms with Crippen LogP contribution in [0.4, 0.5) is 8.78 Å². The number of rotatable bonds is 0. The summed E-state index contributed by atoms with van der Waals surface area (Å²) in [5.41, 5.74) is -0.505. The molecule has 1 N–H and O–H groups in total. The summed E-state index contributed by atoms with van der Waals surface area (Å²) in [6.45, 7) is 2.03. The van der Waals surface area contributed by atoms with E-state index in [1.54, 1.807) is 0 Å². The topological polar surface area (TPSA) is 30.5 Å². The van der Waals surface area contributed by atoms with Crippen LogP contribution in [0.3, 0.4) is 0 Å². The third-order valence-corrected chi connectivity index (χ3v) is 4.00. The summed E-state index contributed by atoms with van der Waals surface area (Å²) in [5, 5.41) is 3.44. The molecule has 0 radical (unpaired) electrons. The van der Waals surface area contributed by atoms with Crippen LogP contribution in [0.2, 0.25) is 0 Å². The fraction of sp³-hybridized carbons (Fsp3) is 1.00. The summed E-state index contributed by atoms with van der Waals surface area (Å²) in [7, 11) is 0. The summed E-state index contributed by atoms with van der Waals surface area (Å²) in [4.78, 5) is 0. The second kappa shape index (κ2) is 3.37. The van der Waals surface area contributed by atoms with E-state index in [9.17, 15) is 8.78 Å². The van der Waals surface area contributed by atoms with Gasteiger partial charge in [-0.05, 0) is 19.3 Å². The number of halogens is 2. The Kier molecular flexibility index (Phi) is 2.29. The van der Waals surface area contributed by atoms with Gasteiger partial charge in [0.25, 0.3) is 0 Å². The van der Waals surface area contributed by atoms with Gasteiger partial charge in [-0.2, -0.15) is 0 Å². The van der Waals surface area contributed by atoms with Gasteiger partial charge < -0.3 is 9.47 Å². The molecule has 92 valence electrons. The van der Waals surface area contributed by atoms with Crippen molar-refractivity contribution in [3.63, 3.8) is 0 Å². The number of alkyl halides is 2. The van der Waals surface area contributed by atoms with E-state index < -0.39 is 11.6 Å². The van der Waals surface area contributed by atoms with Gasteiger partial charge in [0.1, 0.15) is 5.72 Å². The molecule has 0 aromatic carbocycles.